The van der Waals surface area contributed by atoms with Crippen LogP contribution in [0.4, 0.5) is 4.79 Å². The molecule has 1 aromatic heterocycles. The van der Waals surface area contributed by atoms with Crippen molar-refractivity contribution in [3.8, 4) is 0 Å². The van der Waals surface area contributed by atoms with Crippen molar-refractivity contribution in [2.75, 3.05) is 20.3 Å². The van der Waals surface area contributed by atoms with Gasteiger partial charge in [0.05, 0.1) is 25.3 Å². The van der Waals surface area contributed by atoms with Crippen LogP contribution >= 0.6 is 0 Å². The summed E-state index contributed by atoms with van der Waals surface area (Å²) in [7, 11) is 1.62. The lowest BCUT2D eigenvalue weighted by atomic mass is 10.1. The van der Waals surface area contributed by atoms with Gasteiger partial charge in [-0.25, -0.2) is 4.79 Å². The van der Waals surface area contributed by atoms with Gasteiger partial charge in [0.15, 0.2) is 0 Å². The van der Waals surface area contributed by atoms with Crippen LogP contribution in [0, 0.1) is 6.92 Å². The van der Waals surface area contributed by atoms with Gasteiger partial charge in [-0.05, 0) is 19.9 Å². The molecule has 3 rings (SSSR count). The first kappa shape index (κ1) is 15.8. The molecule has 1 fully saturated rings. The molecule has 2 amide bonds. The van der Waals surface area contributed by atoms with Gasteiger partial charge in [0.1, 0.15) is 17.4 Å². The molecule has 1 aliphatic rings. The standard InChI is InChI=1S/C17H22N2O4/c1-10-12-6-4-5-7-14(12)23-16(10)11(2)18-17(20)19-13-8-22-9-15(13)21-3/h4-7,11,13,15H,8-9H2,1-3H3,(H2,18,19,20)/t11-,13?,15?/m1/s1. The first-order valence-electron chi connectivity index (χ1n) is 7.75. The van der Waals surface area contributed by atoms with Crippen molar-refractivity contribution in [2.45, 2.75) is 32.0 Å². The van der Waals surface area contributed by atoms with Gasteiger partial charge in [-0.3, -0.25) is 0 Å². The number of amides is 2. The Balaban J connectivity index is 1.67. The Bertz CT molecular complexity index is 697. The quantitative estimate of drug-likeness (QED) is 0.908. The summed E-state index contributed by atoms with van der Waals surface area (Å²) in [6.45, 7) is 4.87. The number of ether oxygens (including phenoxy) is 2. The van der Waals surface area contributed by atoms with E-state index in [2.05, 4.69) is 10.6 Å². The summed E-state index contributed by atoms with van der Waals surface area (Å²) in [4.78, 5) is 12.2. The summed E-state index contributed by atoms with van der Waals surface area (Å²) < 4.78 is 16.5. The predicted octanol–water partition coefficient (Wildman–Crippen LogP) is 2.52. The number of hydrogen-bond acceptors (Lipinski definition) is 4. The number of rotatable bonds is 4. The first-order valence-corrected chi connectivity index (χ1v) is 7.75. The van der Waals surface area contributed by atoms with Gasteiger partial charge in [0.2, 0.25) is 0 Å². The van der Waals surface area contributed by atoms with Crippen molar-refractivity contribution in [3.05, 3.63) is 35.6 Å². The summed E-state index contributed by atoms with van der Waals surface area (Å²) in [6, 6.07) is 7.24. The van der Waals surface area contributed by atoms with E-state index in [1.54, 1.807) is 7.11 Å². The van der Waals surface area contributed by atoms with Crippen LogP contribution in [0.1, 0.15) is 24.3 Å². The molecular weight excluding hydrogens is 296 g/mol. The predicted molar refractivity (Wildman–Crippen MR) is 86.4 cm³/mol. The minimum absolute atomic E-state index is 0.107. The molecule has 0 radical (unpaired) electrons. The van der Waals surface area contributed by atoms with Crippen LogP contribution < -0.4 is 10.6 Å². The summed E-state index contributed by atoms with van der Waals surface area (Å²) >= 11 is 0. The van der Waals surface area contributed by atoms with Crippen molar-refractivity contribution in [2.24, 2.45) is 0 Å². The number of methoxy groups -OCH3 is 1. The van der Waals surface area contributed by atoms with Crippen LogP contribution in [-0.4, -0.2) is 38.5 Å². The van der Waals surface area contributed by atoms with Crippen LogP contribution in [0.15, 0.2) is 28.7 Å². The minimum Gasteiger partial charge on any atom is -0.459 e. The fraction of sp³-hybridized carbons (Fsp3) is 0.471. The van der Waals surface area contributed by atoms with Gasteiger partial charge in [-0.2, -0.15) is 0 Å². The van der Waals surface area contributed by atoms with Crippen LogP contribution in [0.25, 0.3) is 11.0 Å². The molecule has 2 heterocycles. The average Bonchev–Trinajstić information content (AvgIpc) is 3.12. The normalized spacial score (nSPS) is 22.2. The third-order valence-electron chi connectivity index (χ3n) is 4.27. The first-order chi connectivity index (χ1) is 11.1. The van der Waals surface area contributed by atoms with E-state index in [9.17, 15) is 4.79 Å². The van der Waals surface area contributed by atoms with E-state index in [1.165, 1.54) is 0 Å². The zero-order valence-electron chi connectivity index (χ0n) is 13.6. The zero-order chi connectivity index (χ0) is 16.4. The average molecular weight is 318 g/mol. The highest BCUT2D eigenvalue weighted by atomic mass is 16.5. The molecule has 23 heavy (non-hydrogen) atoms. The lowest BCUT2D eigenvalue weighted by molar-refractivity contribution is 0.0744. The molecule has 3 atom stereocenters. The van der Waals surface area contributed by atoms with Gasteiger partial charge in [0, 0.05) is 18.1 Å². The number of fused-ring (bicyclic) bond motifs is 1. The Morgan fingerprint density at radius 2 is 2.13 bits per heavy atom. The zero-order valence-corrected chi connectivity index (χ0v) is 13.6. The SMILES string of the molecule is COC1COCC1NC(=O)N[C@H](C)c1oc2ccccc2c1C. The van der Waals surface area contributed by atoms with E-state index >= 15 is 0 Å². The Kier molecular flexibility index (Phi) is 4.54. The number of carbonyl (C=O) groups excluding carboxylic acids is 1. The van der Waals surface area contributed by atoms with Crippen LogP contribution in [0.2, 0.25) is 0 Å². The molecule has 0 aliphatic carbocycles. The molecule has 1 saturated heterocycles. The van der Waals surface area contributed by atoms with Gasteiger partial charge >= 0.3 is 6.03 Å². The highest BCUT2D eigenvalue weighted by Crippen LogP contribution is 2.29. The molecule has 1 aliphatic heterocycles. The molecule has 2 N–H and O–H groups in total. The van der Waals surface area contributed by atoms with Crippen LogP contribution in [0.5, 0.6) is 0 Å². The largest absolute Gasteiger partial charge is 0.459 e. The van der Waals surface area contributed by atoms with E-state index in [4.69, 9.17) is 13.9 Å². The number of hydrogen-bond donors (Lipinski definition) is 2. The smallest absolute Gasteiger partial charge is 0.315 e. The molecule has 6 nitrogen and oxygen atoms in total. The Morgan fingerprint density at radius 1 is 1.35 bits per heavy atom. The molecule has 6 heteroatoms. The summed E-state index contributed by atoms with van der Waals surface area (Å²) in [6.07, 6.45) is -0.107. The van der Waals surface area contributed by atoms with E-state index in [0.29, 0.717) is 13.2 Å². The molecule has 0 saturated carbocycles. The minimum atomic E-state index is -0.255. The van der Waals surface area contributed by atoms with Crippen LogP contribution in [-0.2, 0) is 9.47 Å². The molecule has 0 spiro atoms. The van der Waals surface area contributed by atoms with E-state index in [-0.39, 0.29) is 24.2 Å². The Morgan fingerprint density at radius 3 is 2.87 bits per heavy atom. The third kappa shape index (κ3) is 3.18. The Labute approximate surface area is 135 Å². The van der Waals surface area contributed by atoms with Crippen molar-refractivity contribution in [3.63, 3.8) is 0 Å². The van der Waals surface area contributed by atoms with Gasteiger partial charge < -0.3 is 24.5 Å². The molecular formula is C17H22N2O4. The topological polar surface area (TPSA) is 72.7 Å². The second kappa shape index (κ2) is 6.60. The number of carbonyl (C=O) groups is 1. The fourth-order valence-corrected chi connectivity index (χ4v) is 2.98. The molecule has 0 bridgehead atoms. The highest BCUT2D eigenvalue weighted by molar-refractivity contribution is 5.82. The lowest BCUT2D eigenvalue weighted by Crippen LogP contribution is -2.48. The summed E-state index contributed by atoms with van der Waals surface area (Å²) in [5.41, 5.74) is 1.88. The number of furan rings is 1. The van der Waals surface area contributed by atoms with E-state index in [0.717, 1.165) is 22.3 Å². The number of aryl methyl sites for hydroxylation is 1. The second-order valence-corrected chi connectivity index (χ2v) is 5.85. The highest BCUT2D eigenvalue weighted by Gasteiger charge is 2.30. The number of nitrogens with one attached hydrogen (secondary N) is 2. The van der Waals surface area contributed by atoms with E-state index in [1.807, 2.05) is 38.1 Å². The maximum absolute atomic E-state index is 12.2. The lowest BCUT2D eigenvalue weighted by Gasteiger charge is -2.20. The van der Waals surface area contributed by atoms with Crippen LogP contribution in [0.3, 0.4) is 0 Å². The van der Waals surface area contributed by atoms with E-state index < -0.39 is 0 Å². The maximum atomic E-state index is 12.2. The second-order valence-electron chi connectivity index (χ2n) is 5.85. The van der Waals surface area contributed by atoms with Crippen molar-refractivity contribution >= 4 is 17.0 Å². The molecule has 2 aromatic rings. The van der Waals surface area contributed by atoms with Crippen molar-refractivity contribution < 1.29 is 18.7 Å². The number of para-hydroxylation sites is 1. The number of urea groups is 1. The third-order valence-corrected chi connectivity index (χ3v) is 4.27. The number of benzene rings is 1. The monoisotopic (exact) mass is 318 g/mol. The van der Waals surface area contributed by atoms with Gasteiger partial charge in [0.25, 0.3) is 0 Å². The van der Waals surface area contributed by atoms with Gasteiger partial charge in [-0.15, -0.1) is 0 Å². The van der Waals surface area contributed by atoms with Crippen molar-refractivity contribution in [1.29, 1.82) is 0 Å². The maximum Gasteiger partial charge on any atom is 0.315 e. The van der Waals surface area contributed by atoms with Gasteiger partial charge in [-0.1, -0.05) is 18.2 Å². The summed E-state index contributed by atoms with van der Waals surface area (Å²) in [5.74, 6) is 0.771. The molecule has 1 aromatic carbocycles. The molecule has 2 unspecified atom stereocenters. The van der Waals surface area contributed by atoms with Crippen molar-refractivity contribution in [1.82, 2.24) is 10.6 Å². The fourth-order valence-electron chi connectivity index (χ4n) is 2.98. The molecule has 124 valence electrons. The summed E-state index contributed by atoms with van der Waals surface area (Å²) in [5, 5.41) is 6.88. The Hall–Kier alpha value is -2.05.